The van der Waals surface area contributed by atoms with E-state index in [0.29, 0.717) is 12.0 Å². The predicted octanol–water partition coefficient (Wildman–Crippen LogP) is 5.17. The predicted molar refractivity (Wildman–Crippen MR) is 88.5 cm³/mol. The zero-order valence-corrected chi connectivity index (χ0v) is 13.7. The third-order valence-corrected chi connectivity index (χ3v) is 4.82. The maximum atomic E-state index is 4.31. The molecule has 0 amide bonds. The van der Waals surface area contributed by atoms with Crippen molar-refractivity contribution in [3.05, 3.63) is 36.1 Å². The molecule has 1 nitrogen and oxygen atoms in total. The van der Waals surface area contributed by atoms with Gasteiger partial charge in [0.1, 0.15) is 0 Å². The van der Waals surface area contributed by atoms with E-state index in [2.05, 4.69) is 57.4 Å². The number of rotatable bonds is 6. The normalized spacial score (nSPS) is 26.9. The van der Waals surface area contributed by atoms with Crippen LogP contribution in [0.15, 0.2) is 36.1 Å². The minimum atomic E-state index is 0.554. The zero-order chi connectivity index (χ0) is 14.7. The van der Waals surface area contributed by atoms with Crippen molar-refractivity contribution in [2.24, 2.45) is 17.8 Å². The molecule has 2 aliphatic rings. The lowest BCUT2D eigenvalue weighted by Crippen LogP contribution is -2.30. The fourth-order valence-electron chi connectivity index (χ4n) is 3.24. The third-order valence-electron chi connectivity index (χ3n) is 4.82. The second-order valence-electron chi connectivity index (χ2n) is 7.01. The summed E-state index contributed by atoms with van der Waals surface area (Å²) in [6, 6.07) is 0.554. The molecular weight excluding hydrogens is 242 g/mol. The van der Waals surface area contributed by atoms with Gasteiger partial charge < -0.3 is 4.90 Å². The lowest BCUT2D eigenvalue weighted by atomic mass is 9.82. The van der Waals surface area contributed by atoms with Crippen LogP contribution in [0.25, 0.3) is 0 Å². The molecule has 2 aliphatic carbocycles. The minimum absolute atomic E-state index is 0.554. The summed E-state index contributed by atoms with van der Waals surface area (Å²) in [5, 5.41) is 0. The first-order valence-electron chi connectivity index (χ1n) is 8.28. The van der Waals surface area contributed by atoms with Crippen LogP contribution in [-0.4, -0.2) is 17.5 Å². The summed E-state index contributed by atoms with van der Waals surface area (Å²) in [7, 11) is 0. The van der Waals surface area contributed by atoms with Crippen LogP contribution in [0.2, 0.25) is 0 Å². The van der Waals surface area contributed by atoms with Gasteiger partial charge in [-0.2, -0.15) is 0 Å². The van der Waals surface area contributed by atoms with Gasteiger partial charge in [0.25, 0.3) is 0 Å². The molecule has 2 rings (SSSR count). The Hall–Kier alpha value is -0.980. The number of allylic oxidation sites excluding steroid dienone is 4. The van der Waals surface area contributed by atoms with Crippen molar-refractivity contribution in [3.8, 4) is 0 Å². The third kappa shape index (κ3) is 4.01. The maximum absolute atomic E-state index is 4.31. The molecule has 1 heteroatoms. The Labute approximate surface area is 125 Å². The van der Waals surface area contributed by atoms with Gasteiger partial charge in [-0.05, 0) is 64.2 Å². The van der Waals surface area contributed by atoms with Crippen molar-refractivity contribution in [1.82, 2.24) is 4.90 Å². The molecule has 1 fully saturated rings. The van der Waals surface area contributed by atoms with Crippen LogP contribution in [0, 0.1) is 17.8 Å². The van der Waals surface area contributed by atoms with Gasteiger partial charge in [0.15, 0.2) is 0 Å². The summed E-state index contributed by atoms with van der Waals surface area (Å²) >= 11 is 0. The van der Waals surface area contributed by atoms with E-state index in [0.717, 1.165) is 18.4 Å². The van der Waals surface area contributed by atoms with Crippen LogP contribution in [-0.2, 0) is 0 Å². The second kappa shape index (κ2) is 6.65. The molecule has 0 aromatic carbocycles. The van der Waals surface area contributed by atoms with Crippen LogP contribution >= 0.6 is 0 Å². The molecule has 20 heavy (non-hydrogen) atoms. The van der Waals surface area contributed by atoms with E-state index in [-0.39, 0.29) is 0 Å². The molecule has 0 aromatic rings. The molecule has 0 aliphatic heterocycles. The van der Waals surface area contributed by atoms with Crippen molar-refractivity contribution >= 4 is 0 Å². The molecule has 0 spiro atoms. The van der Waals surface area contributed by atoms with Gasteiger partial charge in [0.05, 0.1) is 0 Å². The van der Waals surface area contributed by atoms with Crippen molar-refractivity contribution < 1.29 is 0 Å². The van der Waals surface area contributed by atoms with E-state index in [4.69, 9.17) is 0 Å². The Morgan fingerprint density at radius 2 is 2.10 bits per heavy atom. The van der Waals surface area contributed by atoms with Gasteiger partial charge in [-0.3, -0.25) is 0 Å². The van der Waals surface area contributed by atoms with Gasteiger partial charge in [0.2, 0.25) is 0 Å². The van der Waals surface area contributed by atoms with Crippen molar-refractivity contribution in [2.45, 2.75) is 59.4 Å². The molecule has 2 unspecified atom stereocenters. The molecule has 1 saturated carbocycles. The largest absolute Gasteiger partial charge is 0.369 e. The summed E-state index contributed by atoms with van der Waals surface area (Å²) in [5.74, 6) is 2.19. The Balaban J connectivity index is 1.88. The molecule has 0 aromatic heterocycles. The highest BCUT2D eigenvalue weighted by atomic mass is 15.2. The Morgan fingerprint density at radius 3 is 2.65 bits per heavy atom. The fraction of sp³-hybridized carbons (Fsp3) is 0.684. The van der Waals surface area contributed by atoms with Crippen LogP contribution in [0.1, 0.15) is 53.4 Å². The monoisotopic (exact) mass is 273 g/mol. The summed E-state index contributed by atoms with van der Waals surface area (Å²) in [6.45, 7) is 14.5. The molecule has 0 heterocycles. The Kier molecular flexibility index (Phi) is 5.12. The summed E-state index contributed by atoms with van der Waals surface area (Å²) in [6.07, 6.45) is 12.5. The smallest absolute Gasteiger partial charge is 0.0359 e. The van der Waals surface area contributed by atoms with Crippen molar-refractivity contribution in [3.63, 3.8) is 0 Å². The average molecular weight is 273 g/mol. The first kappa shape index (κ1) is 15.4. The fourth-order valence-corrected chi connectivity index (χ4v) is 3.24. The molecular formula is C19H31N. The maximum Gasteiger partial charge on any atom is 0.0359 e. The van der Waals surface area contributed by atoms with E-state index >= 15 is 0 Å². The second-order valence-corrected chi connectivity index (χ2v) is 7.01. The molecule has 0 radical (unpaired) electrons. The Morgan fingerprint density at radius 1 is 1.40 bits per heavy atom. The summed E-state index contributed by atoms with van der Waals surface area (Å²) in [4.78, 5) is 2.47. The number of nitrogens with zero attached hydrogens (tertiary/aromatic N) is 1. The van der Waals surface area contributed by atoms with Gasteiger partial charge in [-0.15, -0.1) is 0 Å². The highest BCUT2D eigenvalue weighted by Crippen LogP contribution is 2.38. The minimum Gasteiger partial charge on any atom is -0.369 e. The summed E-state index contributed by atoms with van der Waals surface area (Å²) in [5.41, 5.74) is 2.92. The molecule has 112 valence electrons. The first-order valence-corrected chi connectivity index (χ1v) is 8.28. The van der Waals surface area contributed by atoms with Crippen LogP contribution < -0.4 is 0 Å². The van der Waals surface area contributed by atoms with E-state index in [1.54, 1.807) is 5.57 Å². The topological polar surface area (TPSA) is 3.24 Å². The Bertz CT molecular complexity index is 398. The van der Waals surface area contributed by atoms with Gasteiger partial charge >= 0.3 is 0 Å². The lowest BCUT2D eigenvalue weighted by Gasteiger charge is -2.30. The van der Waals surface area contributed by atoms with E-state index in [9.17, 15) is 0 Å². The van der Waals surface area contributed by atoms with E-state index < -0.39 is 0 Å². The molecule has 0 bridgehead atoms. The highest BCUT2D eigenvalue weighted by Gasteiger charge is 2.28. The van der Waals surface area contributed by atoms with Crippen molar-refractivity contribution in [1.29, 1.82) is 0 Å². The molecule has 0 N–H and O–H groups in total. The summed E-state index contributed by atoms with van der Waals surface area (Å²) < 4.78 is 0. The number of hydrogen-bond acceptors (Lipinski definition) is 1. The van der Waals surface area contributed by atoms with Crippen LogP contribution in [0.5, 0.6) is 0 Å². The quantitative estimate of drug-likeness (QED) is 0.603. The standard InChI is InChI=1S/C19H31N/c1-14(2)20(17(5)19-10-11-19)12-6-7-18-9-8-15(3)13-16(18)4/h6-7,13-14,16,18-19H,5,8-12H2,1-4H3/b7-6-. The van der Waals surface area contributed by atoms with Gasteiger partial charge in [-0.25, -0.2) is 0 Å². The lowest BCUT2D eigenvalue weighted by molar-refractivity contribution is 0.297. The van der Waals surface area contributed by atoms with Crippen LogP contribution in [0.3, 0.4) is 0 Å². The average Bonchev–Trinajstić information content (AvgIpc) is 3.19. The van der Waals surface area contributed by atoms with Gasteiger partial charge in [-0.1, -0.05) is 37.3 Å². The zero-order valence-electron chi connectivity index (χ0n) is 13.7. The first-order chi connectivity index (χ1) is 9.49. The SMILES string of the molecule is C=C(C1CC1)N(C/C=C\C1CCC(C)=CC1C)C(C)C. The highest BCUT2D eigenvalue weighted by molar-refractivity contribution is 5.12. The van der Waals surface area contributed by atoms with E-state index in [1.807, 2.05) is 0 Å². The van der Waals surface area contributed by atoms with Gasteiger partial charge in [0, 0.05) is 18.3 Å². The molecule has 2 atom stereocenters. The number of hydrogen-bond donors (Lipinski definition) is 0. The van der Waals surface area contributed by atoms with Crippen molar-refractivity contribution in [2.75, 3.05) is 6.54 Å². The van der Waals surface area contributed by atoms with E-state index in [1.165, 1.54) is 31.4 Å². The van der Waals surface area contributed by atoms with Crippen LogP contribution in [0.4, 0.5) is 0 Å². The molecule has 0 saturated heterocycles.